The van der Waals surface area contributed by atoms with E-state index >= 15 is 0 Å². The summed E-state index contributed by atoms with van der Waals surface area (Å²) in [6.07, 6.45) is 9.00. The number of aliphatic hydroxyl groups excluding tert-OH is 2. The topological polar surface area (TPSA) is 40.5 Å². The zero-order valence-corrected chi connectivity index (χ0v) is 6.48. The van der Waals surface area contributed by atoms with Gasteiger partial charge in [0.05, 0.1) is 0 Å². The standard InChI is InChI=1S/C9H14O2/c10-6-9(7-11)5-8-3-1-2-4-8/h1-4,8-11H,5-7H2. The van der Waals surface area contributed by atoms with E-state index < -0.39 is 0 Å². The van der Waals surface area contributed by atoms with Gasteiger partial charge in [-0.3, -0.25) is 0 Å². The number of allylic oxidation sites excluding steroid dienone is 4. The number of hydrogen-bond acceptors (Lipinski definition) is 2. The van der Waals surface area contributed by atoms with E-state index in [1.165, 1.54) is 0 Å². The highest BCUT2D eigenvalue weighted by Gasteiger charge is 2.11. The van der Waals surface area contributed by atoms with Crippen molar-refractivity contribution in [1.29, 1.82) is 0 Å². The van der Waals surface area contributed by atoms with Crippen LogP contribution in [0.15, 0.2) is 24.3 Å². The van der Waals surface area contributed by atoms with Gasteiger partial charge in [0, 0.05) is 19.1 Å². The first-order valence-corrected chi connectivity index (χ1v) is 3.93. The molecule has 2 nitrogen and oxygen atoms in total. The van der Waals surface area contributed by atoms with Gasteiger partial charge in [0.2, 0.25) is 0 Å². The lowest BCUT2D eigenvalue weighted by Crippen LogP contribution is -2.13. The van der Waals surface area contributed by atoms with Crippen molar-refractivity contribution in [3.8, 4) is 0 Å². The van der Waals surface area contributed by atoms with Crippen molar-refractivity contribution in [1.82, 2.24) is 0 Å². The molecule has 0 heterocycles. The molecule has 0 amide bonds. The molecule has 1 aliphatic carbocycles. The molecule has 0 unspecified atom stereocenters. The summed E-state index contributed by atoms with van der Waals surface area (Å²) in [5.41, 5.74) is 0. The summed E-state index contributed by atoms with van der Waals surface area (Å²) in [6.45, 7) is 0.156. The van der Waals surface area contributed by atoms with Crippen LogP contribution in [0.3, 0.4) is 0 Å². The summed E-state index contributed by atoms with van der Waals surface area (Å²) in [4.78, 5) is 0. The highest BCUT2D eigenvalue weighted by Crippen LogP contribution is 2.18. The van der Waals surface area contributed by atoms with E-state index in [0.717, 1.165) is 6.42 Å². The van der Waals surface area contributed by atoms with E-state index in [4.69, 9.17) is 10.2 Å². The molecule has 0 atom stereocenters. The van der Waals surface area contributed by atoms with Gasteiger partial charge in [-0.1, -0.05) is 24.3 Å². The maximum Gasteiger partial charge on any atom is 0.0481 e. The average molecular weight is 154 g/mol. The second-order valence-electron chi connectivity index (χ2n) is 2.90. The van der Waals surface area contributed by atoms with E-state index in [1.54, 1.807) is 0 Å². The third kappa shape index (κ3) is 2.48. The Morgan fingerprint density at radius 3 is 2.09 bits per heavy atom. The van der Waals surface area contributed by atoms with E-state index in [9.17, 15) is 0 Å². The number of aliphatic hydroxyl groups is 2. The highest BCUT2D eigenvalue weighted by atomic mass is 16.3. The Morgan fingerprint density at radius 1 is 1.09 bits per heavy atom. The molecule has 1 aliphatic rings. The van der Waals surface area contributed by atoms with E-state index in [2.05, 4.69) is 12.2 Å². The van der Waals surface area contributed by atoms with Crippen molar-refractivity contribution >= 4 is 0 Å². The summed E-state index contributed by atoms with van der Waals surface area (Å²) in [6, 6.07) is 0. The Kier molecular flexibility index (Phi) is 3.33. The lowest BCUT2D eigenvalue weighted by molar-refractivity contribution is 0.139. The first-order chi connectivity index (χ1) is 5.36. The molecule has 0 aliphatic heterocycles. The Labute approximate surface area is 66.9 Å². The van der Waals surface area contributed by atoms with Gasteiger partial charge < -0.3 is 10.2 Å². The largest absolute Gasteiger partial charge is 0.396 e. The van der Waals surface area contributed by atoms with Crippen LogP contribution in [0, 0.1) is 11.8 Å². The van der Waals surface area contributed by atoms with Crippen LogP contribution in [0.1, 0.15) is 6.42 Å². The summed E-state index contributed by atoms with van der Waals surface area (Å²) >= 11 is 0. The van der Waals surface area contributed by atoms with Crippen LogP contribution >= 0.6 is 0 Å². The molecule has 0 spiro atoms. The van der Waals surface area contributed by atoms with Crippen molar-refractivity contribution in [2.24, 2.45) is 11.8 Å². The van der Waals surface area contributed by atoms with Crippen LogP contribution in [-0.2, 0) is 0 Å². The molecule has 0 bridgehead atoms. The monoisotopic (exact) mass is 154 g/mol. The van der Waals surface area contributed by atoms with Gasteiger partial charge in [-0.15, -0.1) is 0 Å². The van der Waals surface area contributed by atoms with Gasteiger partial charge in [0.25, 0.3) is 0 Å². The van der Waals surface area contributed by atoms with Crippen molar-refractivity contribution < 1.29 is 10.2 Å². The minimum absolute atomic E-state index is 0.0346. The van der Waals surface area contributed by atoms with Gasteiger partial charge in [-0.2, -0.15) is 0 Å². The fourth-order valence-electron chi connectivity index (χ4n) is 1.23. The Balaban J connectivity index is 2.28. The van der Waals surface area contributed by atoms with Crippen LogP contribution < -0.4 is 0 Å². The fourth-order valence-corrected chi connectivity index (χ4v) is 1.23. The third-order valence-electron chi connectivity index (χ3n) is 1.95. The van der Waals surface area contributed by atoms with E-state index in [1.807, 2.05) is 12.2 Å². The van der Waals surface area contributed by atoms with Crippen LogP contribution in [0.2, 0.25) is 0 Å². The first kappa shape index (κ1) is 8.50. The molecule has 2 heteroatoms. The second kappa shape index (κ2) is 4.31. The Bertz CT molecular complexity index is 145. The minimum Gasteiger partial charge on any atom is -0.396 e. The average Bonchev–Trinajstić information content (AvgIpc) is 2.52. The molecule has 0 aromatic rings. The second-order valence-corrected chi connectivity index (χ2v) is 2.90. The molecular formula is C9H14O2. The molecular weight excluding hydrogens is 140 g/mol. The summed E-state index contributed by atoms with van der Waals surface area (Å²) in [7, 11) is 0. The molecule has 62 valence electrons. The number of rotatable bonds is 4. The van der Waals surface area contributed by atoms with Crippen molar-refractivity contribution in [2.75, 3.05) is 13.2 Å². The van der Waals surface area contributed by atoms with Gasteiger partial charge in [-0.05, 0) is 12.3 Å². The SMILES string of the molecule is OCC(CO)CC1C=CC=C1. The molecule has 2 N–H and O–H groups in total. The summed E-state index contributed by atoms with van der Waals surface area (Å²) in [5, 5.41) is 17.6. The Hall–Kier alpha value is -0.600. The van der Waals surface area contributed by atoms with Crippen molar-refractivity contribution in [3.63, 3.8) is 0 Å². The molecule has 0 saturated carbocycles. The van der Waals surface area contributed by atoms with Crippen LogP contribution in [0.25, 0.3) is 0 Å². The zero-order chi connectivity index (χ0) is 8.10. The normalized spacial score (nSPS) is 17.0. The third-order valence-corrected chi connectivity index (χ3v) is 1.95. The van der Waals surface area contributed by atoms with Crippen LogP contribution in [0.4, 0.5) is 0 Å². The molecule has 0 fully saturated rings. The van der Waals surface area contributed by atoms with Crippen LogP contribution in [-0.4, -0.2) is 23.4 Å². The smallest absolute Gasteiger partial charge is 0.0481 e. The Morgan fingerprint density at radius 2 is 1.64 bits per heavy atom. The lowest BCUT2D eigenvalue weighted by Gasteiger charge is -2.12. The van der Waals surface area contributed by atoms with E-state index in [-0.39, 0.29) is 19.1 Å². The predicted octanol–water partition coefficient (Wildman–Crippen LogP) is 0.720. The van der Waals surface area contributed by atoms with Gasteiger partial charge in [0.15, 0.2) is 0 Å². The lowest BCUT2D eigenvalue weighted by atomic mass is 9.97. The van der Waals surface area contributed by atoms with Gasteiger partial charge in [0.1, 0.15) is 0 Å². The van der Waals surface area contributed by atoms with Gasteiger partial charge in [-0.25, -0.2) is 0 Å². The maximum absolute atomic E-state index is 8.78. The van der Waals surface area contributed by atoms with Crippen molar-refractivity contribution in [2.45, 2.75) is 6.42 Å². The molecule has 0 aromatic heterocycles. The van der Waals surface area contributed by atoms with E-state index in [0.29, 0.717) is 5.92 Å². The predicted molar refractivity (Wildman–Crippen MR) is 44.0 cm³/mol. The molecule has 0 radical (unpaired) electrons. The zero-order valence-electron chi connectivity index (χ0n) is 6.48. The quantitative estimate of drug-likeness (QED) is 0.626. The minimum atomic E-state index is 0.0346. The first-order valence-electron chi connectivity index (χ1n) is 3.93. The summed E-state index contributed by atoms with van der Waals surface area (Å²) in [5.74, 6) is 0.451. The maximum atomic E-state index is 8.78. The van der Waals surface area contributed by atoms with Crippen LogP contribution in [0.5, 0.6) is 0 Å². The molecule has 1 rings (SSSR count). The highest BCUT2D eigenvalue weighted by molar-refractivity contribution is 5.17. The summed E-state index contributed by atoms with van der Waals surface area (Å²) < 4.78 is 0. The van der Waals surface area contributed by atoms with Gasteiger partial charge >= 0.3 is 0 Å². The van der Waals surface area contributed by atoms with Crippen molar-refractivity contribution in [3.05, 3.63) is 24.3 Å². The number of hydrogen-bond donors (Lipinski definition) is 2. The molecule has 11 heavy (non-hydrogen) atoms. The fraction of sp³-hybridized carbons (Fsp3) is 0.556. The molecule has 0 aromatic carbocycles. The molecule has 0 saturated heterocycles.